The number of ether oxygens (including phenoxy) is 1. The molecule has 4 rings (SSSR count). The fourth-order valence-electron chi connectivity index (χ4n) is 3.67. The number of nitrogens with zero attached hydrogens (tertiary/aromatic N) is 4. The first kappa shape index (κ1) is 20.0. The van der Waals surface area contributed by atoms with Gasteiger partial charge in [0.05, 0.1) is 36.3 Å². The molecular weight excluding hydrogens is 374 g/mol. The lowest BCUT2D eigenvalue weighted by atomic mass is 10.1. The highest BCUT2D eigenvalue weighted by molar-refractivity contribution is 5.85. The third-order valence-electron chi connectivity index (χ3n) is 5.10. The Balaban J connectivity index is 0.00000225. The molecule has 1 aliphatic rings. The van der Waals surface area contributed by atoms with Gasteiger partial charge in [0.25, 0.3) is 0 Å². The first-order chi connectivity index (χ1) is 13.2. The summed E-state index contributed by atoms with van der Waals surface area (Å²) in [5.41, 5.74) is 9.97. The van der Waals surface area contributed by atoms with Gasteiger partial charge in [0.2, 0.25) is 5.95 Å². The summed E-state index contributed by atoms with van der Waals surface area (Å²) >= 11 is 0. The molecule has 2 aromatic carbocycles. The van der Waals surface area contributed by atoms with Gasteiger partial charge in [-0.05, 0) is 42.7 Å². The monoisotopic (exact) mass is 397 g/mol. The van der Waals surface area contributed by atoms with E-state index in [1.807, 2.05) is 42.5 Å². The zero-order chi connectivity index (χ0) is 18.8. The normalized spacial score (nSPS) is 16.5. The summed E-state index contributed by atoms with van der Waals surface area (Å²) in [6.07, 6.45) is 2.13. The van der Waals surface area contributed by atoms with Crippen LogP contribution in [-0.2, 0) is 6.54 Å². The van der Waals surface area contributed by atoms with Gasteiger partial charge in [0, 0.05) is 25.2 Å². The number of imidazole rings is 1. The number of benzene rings is 2. The lowest BCUT2D eigenvalue weighted by Gasteiger charge is -2.32. The van der Waals surface area contributed by atoms with Crippen LogP contribution >= 0.6 is 12.4 Å². The summed E-state index contributed by atoms with van der Waals surface area (Å²) in [4.78, 5) is 7.18. The van der Waals surface area contributed by atoms with E-state index < -0.39 is 0 Å². The van der Waals surface area contributed by atoms with Crippen LogP contribution in [0.3, 0.4) is 0 Å². The molecule has 0 amide bonds. The van der Waals surface area contributed by atoms with Gasteiger partial charge in [0.1, 0.15) is 5.75 Å². The van der Waals surface area contributed by atoms with Crippen LogP contribution in [0.4, 0.5) is 5.95 Å². The Morgan fingerprint density at radius 2 is 2.04 bits per heavy atom. The highest BCUT2D eigenvalue weighted by Crippen LogP contribution is 2.29. The molecular formula is C21H24ClN5O. The maximum absolute atomic E-state index is 9.03. The Morgan fingerprint density at radius 1 is 1.25 bits per heavy atom. The highest BCUT2D eigenvalue weighted by Gasteiger charge is 2.23. The number of nitriles is 1. The SMILES string of the molecule is COc1ccc2nc(N3CCCC(N)C3)n(Cc3ccc(C#N)cc3)c2c1.Cl. The molecule has 7 heteroatoms. The minimum absolute atomic E-state index is 0. The van der Waals surface area contributed by atoms with E-state index in [4.69, 9.17) is 20.7 Å². The van der Waals surface area contributed by atoms with Crippen LogP contribution in [0.5, 0.6) is 5.75 Å². The number of halogens is 1. The second-order valence-electron chi connectivity index (χ2n) is 7.01. The van der Waals surface area contributed by atoms with Crippen molar-refractivity contribution in [3.8, 4) is 11.8 Å². The molecule has 0 aliphatic carbocycles. The van der Waals surface area contributed by atoms with Crippen LogP contribution in [0.15, 0.2) is 42.5 Å². The molecule has 0 spiro atoms. The molecule has 28 heavy (non-hydrogen) atoms. The fourth-order valence-corrected chi connectivity index (χ4v) is 3.67. The summed E-state index contributed by atoms with van der Waals surface area (Å²) in [6, 6.07) is 16.0. The average molecular weight is 398 g/mol. The van der Waals surface area contributed by atoms with Crippen molar-refractivity contribution in [3.05, 3.63) is 53.6 Å². The van der Waals surface area contributed by atoms with Crippen LogP contribution < -0.4 is 15.4 Å². The topological polar surface area (TPSA) is 80.1 Å². The molecule has 2 N–H and O–H groups in total. The van der Waals surface area contributed by atoms with E-state index >= 15 is 0 Å². The summed E-state index contributed by atoms with van der Waals surface area (Å²) in [5, 5.41) is 9.03. The molecule has 2 heterocycles. The van der Waals surface area contributed by atoms with Gasteiger partial charge in [-0.2, -0.15) is 5.26 Å². The molecule has 1 aromatic heterocycles. The van der Waals surface area contributed by atoms with Gasteiger partial charge < -0.3 is 19.9 Å². The van der Waals surface area contributed by atoms with Crippen molar-refractivity contribution in [1.82, 2.24) is 9.55 Å². The first-order valence-electron chi connectivity index (χ1n) is 9.22. The Hall–Kier alpha value is -2.75. The quantitative estimate of drug-likeness (QED) is 0.730. The zero-order valence-corrected chi connectivity index (χ0v) is 16.7. The van der Waals surface area contributed by atoms with Crippen molar-refractivity contribution in [2.24, 2.45) is 5.73 Å². The van der Waals surface area contributed by atoms with E-state index in [0.29, 0.717) is 12.1 Å². The second-order valence-corrected chi connectivity index (χ2v) is 7.01. The number of hydrogen-bond donors (Lipinski definition) is 1. The van der Waals surface area contributed by atoms with Gasteiger partial charge in [-0.3, -0.25) is 0 Å². The van der Waals surface area contributed by atoms with Gasteiger partial charge >= 0.3 is 0 Å². The van der Waals surface area contributed by atoms with Crippen molar-refractivity contribution < 1.29 is 4.74 Å². The summed E-state index contributed by atoms with van der Waals surface area (Å²) in [6.45, 7) is 2.45. The maximum Gasteiger partial charge on any atom is 0.206 e. The van der Waals surface area contributed by atoms with Crippen molar-refractivity contribution in [1.29, 1.82) is 5.26 Å². The molecule has 1 saturated heterocycles. The van der Waals surface area contributed by atoms with Crippen LogP contribution in [0.2, 0.25) is 0 Å². The van der Waals surface area contributed by atoms with Gasteiger partial charge in [0.15, 0.2) is 0 Å². The Bertz CT molecular complexity index is 992. The van der Waals surface area contributed by atoms with E-state index in [9.17, 15) is 0 Å². The molecule has 3 aromatic rings. The largest absolute Gasteiger partial charge is 0.497 e. The smallest absolute Gasteiger partial charge is 0.206 e. The van der Waals surface area contributed by atoms with Gasteiger partial charge in [-0.1, -0.05) is 12.1 Å². The molecule has 0 bridgehead atoms. The van der Waals surface area contributed by atoms with Crippen LogP contribution in [-0.4, -0.2) is 35.8 Å². The van der Waals surface area contributed by atoms with Crippen molar-refractivity contribution >= 4 is 29.4 Å². The number of nitrogens with two attached hydrogens (primary N) is 1. The van der Waals surface area contributed by atoms with Crippen molar-refractivity contribution in [3.63, 3.8) is 0 Å². The van der Waals surface area contributed by atoms with E-state index in [-0.39, 0.29) is 18.4 Å². The van der Waals surface area contributed by atoms with E-state index in [1.165, 1.54) is 0 Å². The standard InChI is InChI=1S/C21H23N5O.ClH/c1-27-18-8-9-19-20(11-18)26(13-16-6-4-15(12-22)5-7-16)21(24-19)25-10-2-3-17(23)14-25;/h4-9,11,17H,2-3,10,13-14,23H2,1H3;1H. The Morgan fingerprint density at radius 3 is 2.71 bits per heavy atom. The molecule has 1 unspecified atom stereocenters. The minimum atomic E-state index is 0. The number of methoxy groups -OCH3 is 1. The molecule has 0 radical (unpaired) electrons. The Kier molecular flexibility index (Phi) is 6.08. The van der Waals surface area contributed by atoms with Crippen molar-refractivity contribution in [2.75, 3.05) is 25.1 Å². The number of hydrogen-bond acceptors (Lipinski definition) is 5. The van der Waals surface area contributed by atoms with E-state index in [1.54, 1.807) is 7.11 Å². The van der Waals surface area contributed by atoms with Gasteiger partial charge in [-0.25, -0.2) is 4.98 Å². The van der Waals surface area contributed by atoms with Crippen LogP contribution in [0.25, 0.3) is 11.0 Å². The third-order valence-corrected chi connectivity index (χ3v) is 5.10. The summed E-state index contributed by atoms with van der Waals surface area (Å²) in [7, 11) is 1.67. The van der Waals surface area contributed by atoms with Gasteiger partial charge in [-0.15, -0.1) is 12.4 Å². The lowest BCUT2D eigenvalue weighted by Crippen LogP contribution is -2.44. The third kappa shape index (κ3) is 3.91. The molecule has 6 nitrogen and oxygen atoms in total. The Labute approximate surface area is 170 Å². The minimum Gasteiger partial charge on any atom is -0.497 e. The summed E-state index contributed by atoms with van der Waals surface area (Å²) in [5.74, 6) is 1.75. The van der Waals surface area contributed by atoms with E-state index in [2.05, 4.69) is 15.5 Å². The molecule has 1 aliphatic heterocycles. The predicted molar refractivity (Wildman–Crippen MR) is 113 cm³/mol. The summed E-state index contributed by atoms with van der Waals surface area (Å²) < 4.78 is 7.64. The average Bonchev–Trinajstić information content (AvgIpc) is 3.06. The zero-order valence-electron chi connectivity index (χ0n) is 15.8. The first-order valence-corrected chi connectivity index (χ1v) is 9.22. The van der Waals surface area contributed by atoms with E-state index in [0.717, 1.165) is 54.2 Å². The number of piperidine rings is 1. The molecule has 1 atom stereocenters. The number of fused-ring (bicyclic) bond motifs is 1. The molecule has 146 valence electrons. The number of rotatable bonds is 4. The maximum atomic E-state index is 9.03. The number of anilines is 1. The predicted octanol–water partition coefficient (Wildman–Crippen LogP) is 3.31. The lowest BCUT2D eigenvalue weighted by molar-refractivity contribution is 0.415. The van der Waals surface area contributed by atoms with Crippen LogP contribution in [0, 0.1) is 11.3 Å². The molecule has 1 fully saturated rings. The van der Waals surface area contributed by atoms with Crippen molar-refractivity contribution in [2.45, 2.75) is 25.4 Å². The highest BCUT2D eigenvalue weighted by atomic mass is 35.5. The fraction of sp³-hybridized carbons (Fsp3) is 0.333. The van der Waals surface area contributed by atoms with Crippen LogP contribution in [0.1, 0.15) is 24.0 Å². The molecule has 0 saturated carbocycles. The second kappa shape index (κ2) is 8.51. The number of aromatic nitrogens is 2.